The van der Waals surface area contributed by atoms with E-state index in [1.807, 2.05) is 6.92 Å². The van der Waals surface area contributed by atoms with Gasteiger partial charge in [-0.3, -0.25) is 0 Å². The van der Waals surface area contributed by atoms with Gasteiger partial charge in [-0.05, 0) is 13.3 Å². The lowest BCUT2D eigenvalue weighted by Gasteiger charge is -2.15. The fraction of sp³-hybridized carbons (Fsp3) is 1.00. The van der Waals surface area contributed by atoms with Crippen molar-refractivity contribution in [1.82, 2.24) is 5.32 Å². The molecule has 0 fully saturated rings. The maximum atomic E-state index is 10.9. The van der Waals surface area contributed by atoms with Gasteiger partial charge >= 0.3 is 0 Å². The van der Waals surface area contributed by atoms with Gasteiger partial charge in [-0.15, -0.1) is 0 Å². The highest BCUT2D eigenvalue weighted by Crippen LogP contribution is 1.96. The molecule has 14 heavy (non-hydrogen) atoms. The molecule has 0 heterocycles. The van der Waals surface area contributed by atoms with Gasteiger partial charge in [0, 0.05) is 18.8 Å². The van der Waals surface area contributed by atoms with Crippen molar-refractivity contribution < 1.29 is 13.5 Å². The third-order valence-corrected chi connectivity index (χ3v) is 2.98. The molecule has 0 aromatic heterocycles. The zero-order valence-corrected chi connectivity index (χ0v) is 9.97. The maximum Gasteiger partial charge on any atom is 0.148 e. The van der Waals surface area contributed by atoms with Crippen LogP contribution in [0, 0.1) is 0 Å². The highest BCUT2D eigenvalue weighted by Gasteiger charge is 2.11. The van der Waals surface area contributed by atoms with Crippen molar-refractivity contribution in [3.8, 4) is 0 Å². The molecule has 0 spiro atoms. The fourth-order valence-corrected chi connectivity index (χ4v) is 2.31. The Hall–Kier alpha value is -0.130. The van der Waals surface area contributed by atoms with Crippen LogP contribution in [-0.4, -0.2) is 44.2 Å². The van der Waals surface area contributed by atoms with E-state index in [2.05, 4.69) is 5.32 Å². The van der Waals surface area contributed by atoms with Crippen molar-refractivity contribution in [1.29, 1.82) is 0 Å². The summed E-state index contributed by atoms with van der Waals surface area (Å²) >= 11 is 0. The first-order valence-corrected chi connectivity index (χ1v) is 7.00. The predicted molar refractivity (Wildman–Crippen MR) is 58.1 cm³/mol. The molecule has 0 bridgehead atoms. The molecule has 0 aliphatic carbocycles. The number of sulfone groups is 1. The van der Waals surface area contributed by atoms with E-state index in [0.29, 0.717) is 6.54 Å². The van der Waals surface area contributed by atoms with E-state index in [9.17, 15) is 13.5 Å². The smallest absolute Gasteiger partial charge is 0.148 e. The first kappa shape index (κ1) is 13.9. The summed E-state index contributed by atoms with van der Waals surface area (Å²) in [7, 11) is -2.93. The van der Waals surface area contributed by atoms with Gasteiger partial charge in [0.05, 0.1) is 11.9 Å². The normalized spacial score (nSPS) is 16.6. The number of aliphatic hydroxyl groups excluding tert-OH is 1. The molecule has 0 saturated heterocycles. The van der Waals surface area contributed by atoms with Gasteiger partial charge in [-0.25, -0.2) is 8.42 Å². The van der Waals surface area contributed by atoms with Crippen molar-refractivity contribution in [3.63, 3.8) is 0 Å². The number of nitrogens with one attached hydrogen (secondary N) is 1. The first-order valence-electron chi connectivity index (χ1n) is 4.94. The molecule has 2 N–H and O–H groups in total. The molecule has 0 rings (SSSR count). The Balaban J connectivity index is 3.69. The summed E-state index contributed by atoms with van der Waals surface area (Å²) in [6, 6.07) is -0.100. The lowest BCUT2D eigenvalue weighted by atomic mass is 10.2. The van der Waals surface area contributed by atoms with Crippen LogP contribution >= 0.6 is 0 Å². The summed E-state index contributed by atoms with van der Waals surface area (Å²) in [5.41, 5.74) is 0. The van der Waals surface area contributed by atoms with Crippen LogP contribution in [0.2, 0.25) is 0 Å². The van der Waals surface area contributed by atoms with Crippen LogP contribution in [-0.2, 0) is 9.84 Å². The summed E-state index contributed by atoms with van der Waals surface area (Å²) in [6.45, 7) is 4.27. The Morgan fingerprint density at radius 2 is 2.00 bits per heavy atom. The number of aliphatic hydroxyl groups is 1. The van der Waals surface area contributed by atoms with Crippen molar-refractivity contribution in [2.24, 2.45) is 0 Å². The molecule has 0 amide bonds. The minimum absolute atomic E-state index is 0.100. The summed E-state index contributed by atoms with van der Waals surface area (Å²) in [5, 5.41) is 12.4. The van der Waals surface area contributed by atoms with E-state index in [-0.39, 0.29) is 17.9 Å². The second-order valence-corrected chi connectivity index (χ2v) is 6.03. The zero-order chi connectivity index (χ0) is 11.2. The number of hydrogen-bond acceptors (Lipinski definition) is 4. The van der Waals surface area contributed by atoms with E-state index in [1.165, 1.54) is 6.26 Å². The zero-order valence-electron chi connectivity index (χ0n) is 9.16. The van der Waals surface area contributed by atoms with E-state index in [0.717, 1.165) is 12.8 Å². The van der Waals surface area contributed by atoms with Crippen LogP contribution in [0.1, 0.15) is 26.7 Å². The third kappa shape index (κ3) is 8.47. The molecule has 2 atom stereocenters. The molecule has 0 aromatic rings. The SMILES string of the molecule is CCCC(O)CNC(C)CS(C)(=O)=O. The van der Waals surface area contributed by atoms with Gasteiger partial charge in [0.15, 0.2) is 0 Å². The molecule has 0 radical (unpaired) electrons. The minimum atomic E-state index is -2.93. The van der Waals surface area contributed by atoms with Crippen LogP contribution in [0.5, 0.6) is 0 Å². The average molecular weight is 223 g/mol. The molecule has 4 nitrogen and oxygen atoms in total. The van der Waals surface area contributed by atoms with Crippen LogP contribution in [0.3, 0.4) is 0 Å². The molecular weight excluding hydrogens is 202 g/mol. The Labute approximate surface area is 86.6 Å². The van der Waals surface area contributed by atoms with Crippen LogP contribution in [0.25, 0.3) is 0 Å². The Bertz CT molecular complexity index is 238. The largest absolute Gasteiger partial charge is 0.392 e. The van der Waals surface area contributed by atoms with Crippen LogP contribution in [0.4, 0.5) is 0 Å². The molecule has 0 aliphatic heterocycles. The fourth-order valence-electron chi connectivity index (χ4n) is 1.29. The number of hydrogen-bond donors (Lipinski definition) is 2. The van der Waals surface area contributed by atoms with E-state index in [4.69, 9.17) is 0 Å². The Kier molecular flexibility index (Phi) is 6.31. The van der Waals surface area contributed by atoms with Crippen molar-refractivity contribution >= 4 is 9.84 Å². The predicted octanol–water partition coefficient (Wildman–Crippen LogP) is 0.170. The third-order valence-electron chi connectivity index (χ3n) is 1.88. The lowest BCUT2D eigenvalue weighted by molar-refractivity contribution is 0.158. The first-order chi connectivity index (χ1) is 6.35. The van der Waals surface area contributed by atoms with Gasteiger partial charge in [-0.2, -0.15) is 0 Å². The second-order valence-electron chi connectivity index (χ2n) is 3.84. The van der Waals surface area contributed by atoms with Gasteiger partial charge in [-0.1, -0.05) is 13.3 Å². The summed E-state index contributed by atoms with van der Waals surface area (Å²) < 4.78 is 21.8. The van der Waals surface area contributed by atoms with Crippen LogP contribution in [0.15, 0.2) is 0 Å². The Morgan fingerprint density at radius 3 is 2.43 bits per heavy atom. The van der Waals surface area contributed by atoms with Gasteiger partial charge in [0.2, 0.25) is 0 Å². The summed E-state index contributed by atoms with van der Waals surface area (Å²) in [6.07, 6.45) is 2.53. The summed E-state index contributed by atoms with van der Waals surface area (Å²) in [4.78, 5) is 0. The van der Waals surface area contributed by atoms with E-state index in [1.54, 1.807) is 6.92 Å². The van der Waals surface area contributed by atoms with E-state index >= 15 is 0 Å². The van der Waals surface area contributed by atoms with Crippen molar-refractivity contribution in [2.75, 3.05) is 18.6 Å². The lowest BCUT2D eigenvalue weighted by Crippen LogP contribution is -2.37. The van der Waals surface area contributed by atoms with Gasteiger partial charge < -0.3 is 10.4 Å². The molecule has 5 heteroatoms. The van der Waals surface area contributed by atoms with Crippen molar-refractivity contribution in [3.05, 3.63) is 0 Å². The van der Waals surface area contributed by atoms with Gasteiger partial charge in [0.25, 0.3) is 0 Å². The molecule has 0 saturated carbocycles. The maximum absolute atomic E-state index is 10.9. The standard InChI is InChI=1S/C9H21NO3S/c1-4-5-9(11)6-10-8(2)7-14(3,12)13/h8-11H,4-7H2,1-3H3. The molecule has 2 unspecified atom stereocenters. The summed E-state index contributed by atoms with van der Waals surface area (Å²) in [5.74, 6) is 0.117. The average Bonchev–Trinajstić information content (AvgIpc) is 1.98. The highest BCUT2D eigenvalue weighted by atomic mass is 32.2. The molecular formula is C9H21NO3S. The topological polar surface area (TPSA) is 66.4 Å². The molecule has 0 aromatic carbocycles. The Morgan fingerprint density at radius 1 is 1.43 bits per heavy atom. The molecule has 0 aliphatic rings. The molecule has 86 valence electrons. The van der Waals surface area contributed by atoms with E-state index < -0.39 is 9.84 Å². The van der Waals surface area contributed by atoms with Gasteiger partial charge in [0.1, 0.15) is 9.84 Å². The minimum Gasteiger partial charge on any atom is -0.392 e. The van der Waals surface area contributed by atoms with Crippen LogP contribution < -0.4 is 5.32 Å². The number of rotatable bonds is 7. The van der Waals surface area contributed by atoms with Crippen molar-refractivity contribution in [2.45, 2.75) is 38.8 Å². The monoisotopic (exact) mass is 223 g/mol. The second kappa shape index (κ2) is 6.37. The quantitative estimate of drug-likeness (QED) is 0.646. The highest BCUT2D eigenvalue weighted by molar-refractivity contribution is 7.90.